The van der Waals surface area contributed by atoms with Gasteiger partial charge in [-0.25, -0.2) is 0 Å². The Morgan fingerprint density at radius 1 is 0.862 bits per heavy atom. The molecule has 0 aromatic heterocycles. The minimum Gasteiger partial charge on any atom is -0.480 e. The number of carboxylic acids is 1. The number of likely N-dealkylation sites (N-methyl/N-ethyl adjacent to an activating group) is 1. The third kappa shape index (κ3) is 10.9. The molecule has 11 heteroatoms. The van der Waals surface area contributed by atoms with Gasteiger partial charge >= 0.3 is 11.9 Å². The molecule has 2 N–H and O–H groups in total. The predicted molar refractivity (Wildman–Crippen MR) is 106 cm³/mol. The van der Waals surface area contributed by atoms with Crippen molar-refractivity contribution in [2.45, 2.75) is 0 Å². The van der Waals surface area contributed by atoms with E-state index in [9.17, 15) is 24.3 Å². The molecule has 0 aromatic rings. The fourth-order valence-electron chi connectivity index (χ4n) is 3.06. The van der Waals surface area contributed by atoms with Gasteiger partial charge in [-0.15, -0.1) is 0 Å². The van der Waals surface area contributed by atoms with Gasteiger partial charge in [-0.05, 0) is 0 Å². The average molecular weight is 415 g/mol. The van der Waals surface area contributed by atoms with Crippen LogP contribution in [0.25, 0.3) is 0 Å². The van der Waals surface area contributed by atoms with Gasteiger partial charge in [-0.1, -0.05) is 0 Å². The smallest absolute Gasteiger partial charge is 0.319 e. The molecule has 1 aliphatic heterocycles. The van der Waals surface area contributed by atoms with Crippen molar-refractivity contribution in [3.8, 4) is 0 Å². The van der Waals surface area contributed by atoms with Crippen molar-refractivity contribution < 1.29 is 29.0 Å². The number of carboxylic acid groups (broad SMARTS) is 1. The van der Waals surface area contributed by atoms with Crippen LogP contribution >= 0.6 is 0 Å². The number of hydrogen-bond acceptors (Lipinski definition) is 9. The topological polar surface area (TPSA) is 123 Å². The van der Waals surface area contributed by atoms with Gasteiger partial charge in [-0.2, -0.15) is 0 Å². The van der Waals surface area contributed by atoms with E-state index in [1.165, 1.54) is 7.11 Å². The highest BCUT2D eigenvalue weighted by atomic mass is 16.5. The van der Waals surface area contributed by atoms with Gasteiger partial charge in [0.1, 0.15) is 6.29 Å². The van der Waals surface area contributed by atoms with Gasteiger partial charge in [-0.3, -0.25) is 34.0 Å². The first-order chi connectivity index (χ1) is 13.9. The summed E-state index contributed by atoms with van der Waals surface area (Å²) in [5.74, 6) is -1.40. The van der Waals surface area contributed by atoms with E-state index in [0.717, 1.165) is 6.29 Å². The highest BCUT2D eigenvalue weighted by molar-refractivity contribution is 5.77. The Hall–Kier alpha value is -2.08. The van der Waals surface area contributed by atoms with Crippen molar-refractivity contribution >= 4 is 24.1 Å². The summed E-state index contributed by atoms with van der Waals surface area (Å²) >= 11 is 0. The lowest BCUT2D eigenvalue weighted by molar-refractivity contribution is -0.142. The van der Waals surface area contributed by atoms with E-state index in [0.29, 0.717) is 52.4 Å². The fourth-order valence-corrected chi connectivity index (χ4v) is 3.06. The van der Waals surface area contributed by atoms with E-state index >= 15 is 0 Å². The molecule has 0 saturated carbocycles. The number of nitrogens with one attached hydrogen (secondary N) is 1. The first kappa shape index (κ1) is 25.0. The van der Waals surface area contributed by atoms with Crippen molar-refractivity contribution in [1.29, 1.82) is 0 Å². The molecule has 166 valence electrons. The van der Waals surface area contributed by atoms with Crippen LogP contribution in [0.15, 0.2) is 0 Å². The Bertz CT molecular complexity index is 513. The van der Waals surface area contributed by atoms with Crippen LogP contribution < -0.4 is 5.32 Å². The highest BCUT2D eigenvalue weighted by Gasteiger charge is 2.20. The molecule has 0 aromatic carbocycles. The van der Waals surface area contributed by atoms with E-state index in [-0.39, 0.29) is 38.1 Å². The van der Waals surface area contributed by atoms with Crippen molar-refractivity contribution in [3.05, 3.63) is 0 Å². The van der Waals surface area contributed by atoms with Crippen LogP contribution in [-0.4, -0.2) is 142 Å². The van der Waals surface area contributed by atoms with Gasteiger partial charge in [0.25, 0.3) is 0 Å². The Balaban J connectivity index is 2.89. The second-order valence-electron chi connectivity index (χ2n) is 6.94. The summed E-state index contributed by atoms with van der Waals surface area (Å²) in [7, 11) is 2.90. The van der Waals surface area contributed by atoms with Gasteiger partial charge in [0.05, 0.1) is 33.3 Å². The number of amides is 1. The van der Waals surface area contributed by atoms with E-state index in [1.807, 2.05) is 14.7 Å². The van der Waals surface area contributed by atoms with Crippen molar-refractivity contribution in [3.63, 3.8) is 0 Å². The van der Waals surface area contributed by atoms with E-state index in [2.05, 4.69) is 5.32 Å². The molecule has 0 radical (unpaired) electrons. The minimum absolute atomic E-state index is 0.106. The molecule has 1 rings (SSSR count). The lowest BCUT2D eigenvalue weighted by Gasteiger charge is -2.32. The third-order valence-corrected chi connectivity index (χ3v) is 4.85. The normalized spacial score (nSPS) is 19.0. The summed E-state index contributed by atoms with van der Waals surface area (Å²) in [5, 5.41) is 11.8. The van der Waals surface area contributed by atoms with Crippen molar-refractivity contribution in [2.24, 2.45) is 0 Å². The number of hydrogen-bond donors (Lipinski definition) is 2. The molecule has 1 saturated heterocycles. The third-order valence-electron chi connectivity index (χ3n) is 4.85. The predicted octanol–water partition coefficient (Wildman–Crippen LogP) is -2.59. The maximum atomic E-state index is 11.8. The zero-order chi connectivity index (χ0) is 21.6. The number of aliphatic carboxylic acids is 1. The lowest BCUT2D eigenvalue weighted by atomic mass is 10.3. The molecule has 0 unspecified atom stereocenters. The summed E-state index contributed by atoms with van der Waals surface area (Å²) in [6.45, 7) is 4.69. The van der Waals surface area contributed by atoms with Crippen LogP contribution in [0, 0.1) is 0 Å². The number of esters is 1. The van der Waals surface area contributed by atoms with Crippen LogP contribution in [-0.2, 0) is 23.9 Å². The SMILES string of the molecule is CNC(=O)CN1CCN(CC=O)CCN(CC(=O)OC)CCN(CC(=O)O)CC1. The maximum Gasteiger partial charge on any atom is 0.319 e. The number of nitrogens with zero attached hydrogens (tertiary/aromatic N) is 4. The zero-order valence-corrected chi connectivity index (χ0v) is 17.3. The maximum absolute atomic E-state index is 11.8. The van der Waals surface area contributed by atoms with Crippen molar-refractivity contribution in [2.75, 3.05) is 92.7 Å². The summed E-state index contributed by atoms with van der Waals surface area (Å²) in [4.78, 5) is 53.4. The summed E-state index contributed by atoms with van der Waals surface area (Å²) in [5.41, 5.74) is 0. The molecule has 1 aliphatic rings. The molecule has 1 amide bonds. The number of rotatable bonds is 8. The second kappa shape index (κ2) is 14.0. The average Bonchev–Trinajstić information content (AvgIpc) is 2.69. The quantitative estimate of drug-likeness (QED) is 0.322. The summed E-state index contributed by atoms with van der Waals surface area (Å²) in [6, 6.07) is 0. The number of methoxy groups -OCH3 is 1. The first-order valence-electron chi connectivity index (χ1n) is 9.70. The molecule has 1 fully saturated rings. The minimum atomic E-state index is -0.924. The van der Waals surface area contributed by atoms with Gasteiger partial charge in [0.15, 0.2) is 0 Å². The zero-order valence-electron chi connectivity index (χ0n) is 17.3. The van der Waals surface area contributed by atoms with Gasteiger partial charge < -0.3 is 20.0 Å². The standard InChI is InChI=1S/C18H33N5O6/c1-19-16(25)13-21-5-3-20(11-12-24)4-6-23(15-18(28)29-2)10-9-22(8-7-21)14-17(26)27/h12H,3-11,13-15H2,1-2H3,(H,19,25)(H,26,27). The Labute approximate surface area is 171 Å². The largest absolute Gasteiger partial charge is 0.480 e. The van der Waals surface area contributed by atoms with Crippen LogP contribution in [0.5, 0.6) is 0 Å². The highest BCUT2D eigenvalue weighted by Crippen LogP contribution is 2.01. The first-order valence-corrected chi connectivity index (χ1v) is 9.70. The van der Waals surface area contributed by atoms with Crippen LogP contribution in [0.2, 0.25) is 0 Å². The number of carbonyl (C=O) groups is 4. The summed E-state index contributed by atoms with van der Waals surface area (Å²) in [6.07, 6.45) is 0.841. The number of carbonyl (C=O) groups excluding carboxylic acids is 3. The number of aldehydes is 1. The molecule has 1 heterocycles. The number of ether oxygens (including phenoxy) is 1. The molecule has 29 heavy (non-hydrogen) atoms. The molecule has 0 atom stereocenters. The molecule has 0 bridgehead atoms. The monoisotopic (exact) mass is 415 g/mol. The molecular weight excluding hydrogens is 382 g/mol. The van der Waals surface area contributed by atoms with Crippen molar-refractivity contribution in [1.82, 2.24) is 24.9 Å². The second-order valence-corrected chi connectivity index (χ2v) is 6.94. The summed E-state index contributed by atoms with van der Waals surface area (Å²) < 4.78 is 4.75. The Morgan fingerprint density at radius 2 is 1.31 bits per heavy atom. The van der Waals surface area contributed by atoms with Crippen LogP contribution in [0.4, 0.5) is 0 Å². The molecule has 11 nitrogen and oxygen atoms in total. The molecular formula is C18H33N5O6. The van der Waals surface area contributed by atoms with Gasteiger partial charge in [0.2, 0.25) is 5.91 Å². The molecule has 0 spiro atoms. The fraction of sp³-hybridized carbons (Fsp3) is 0.778. The van der Waals surface area contributed by atoms with Crippen LogP contribution in [0.3, 0.4) is 0 Å². The van der Waals surface area contributed by atoms with Crippen LogP contribution in [0.1, 0.15) is 0 Å². The lowest BCUT2D eigenvalue weighted by Crippen LogP contribution is -2.49. The Kier molecular flexibility index (Phi) is 12.0. The van der Waals surface area contributed by atoms with E-state index in [4.69, 9.17) is 4.74 Å². The van der Waals surface area contributed by atoms with Gasteiger partial charge in [0, 0.05) is 59.4 Å². The molecule has 0 aliphatic carbocycles. The van der Waals surface area contributed by atoms with E-state index < -0.39 is 5.97 Å². The van der Waals surface area contributed by atoms with E-state index in [1.54, 1.807) is 11.9 Å². The Morgan fingerprint density at radius 3 is 1.72 bits per heavy atom.